The van der Waals surface area contributed by atoms with E-state index in [0.717, 1.165) is 18.5 Å². The molecule has 1 aliphatic heterocycles. The first-order chi connectivity index (χ1) is 15.0. The monoisotopic (exact) mass is 418 g/mol. The molecule has 2 heterocycles. The molecule has 158 valence electrons. The van der Waals surface area contributed by atoms with E-state index in [2.05, 4.69) is 5.10 Å². The van der Waals surface area contributed by atoms with Crippen LogP contribution in [0.2, 0.25) is 0 Å². The van der Waals surface area contributed by atoms with E-state index >= 15 is 0 Å². The van der Waals surface area contributed by atoms with Crippen LogP contribution < -0.4 is 5.73 Å². The topological polar surface area (TPSA) is 81.2 Å². The summed E-state index contributed by atoms with van der Waals surface area (Å²) in [6.07, 6.45) is 7.16. The fourth-order valence-corrected chi connectivity index (χ4v) is 3.83. The third-order valence-electron chi connectivity index (χ3n) is 5.38. The van der Waals surface area contributed by atoms with Gasteiger partial charge in [-0.1, -0.05) is 30.3 Å². The number of hydrogen-bond acceptors (Lipinski definition) is 3. The van der Waals surface area contributed by atoms with Crippen LogP contribution in [0.15, 0.2) is 66.9 Å². The van der Waals surface area contributed by atoms with Gasteiger partial charge in [0.25, 0.3) is 0 Å². The number of para-hydroxylation sites is 1. The lowest BCUT2D eigenvalue weighted by molar-refractivity contribution is -0.137. The second-order valence-electron chi connectivity index (χ2n) is 7.50. The minimum atomic E-state index is -0.583. The molecule has 0 bridgehead atoms. The maximum Gasteiger partial charge on any atom is 0.247 e. The van der Waals surface area contributed by atoms with Crippen molar-refractivity contribution in [1.29, 1.82) is 0 Å². The molecular weight excluding hydrogens is 395 g/mol. The highest BCUT2D eigenvalue weighted by atomic mass is 19.1. The number of aromatic nitrogens is 2. The van der Waals surface area contributed by atoms with E-state index in [0.29, 0.717) is 29.8 Å². The lowest BCUT2D eigenvalue weighted by Crippen LogP contribution is -2.49. The highest BCUT2D eigenvalue weighted by molar-refractivity contribution is 5.96. The van der Waals surface area contributed by atoms with Crippen molar-refractivity contribution in [3.05, 3.63) is 78.3 Å². The number of rotatable bonds is 5. The average molecular weight is 418 g/mol. The summed E-state index contributed by atoms with van der Waals surface area (Å²) in [5, 5.41) is 4.63. The Morgan fingerprint density at radius 2 is 1.90 bits per heavy atom. The second-order valence-corrected chi connectivity index (χ2v) is 7.50. The van der Waals surface area contributed by atoms with Crippen molar-refractivity contribution in [3.8, 4) is 16.9 Å². The van der Waals surface area contributed by atoms with Crippen molar-refractivity contribution in [2.24, 2.45) is 5.73 Å². The summed E-state index contributed by atoms with van der Waals surface area (Å²) < 4.78 is 15.5. The first kappa shape index (κ1) is 20.5. The van der Waals surface area contributed by atoms with Gasteiger partial charge in [-0.15, -0.1) is 0 Å². The van der Waals surface area contributed by atoms with Crippen LogP contribution in [0.1, 0.15) is 24.8 Å². The highest BCUT2D eigenvalue weighted by Crippen LogP contribution is 2.26. The van der Waals surface area contributed by atoms with Crippen molar-refractivity contribution >= 4 is 17.9 Å². The summed E-state index contributed by atoms with van der Waals surface area (Å²) in [6, 6.07) is 15.1. The Morgan fingerprint density at radius 3 is 2.65 bits per heavy atom. The van der Waals surface area contributed by atoms with Gasteiger partial charge in [-0.2, -0.15) is 5.10 Å². The molecule has 1 atom stereocenters. The number of nitrogens with zero attached hydrogens (tertiary/aromatic N) is 3. The van der Waals surface area contributed by atoms with E-state index < -0.39 is 11.9 Å². The molecule has 1 aliphatic rings. The minimum absolute atomic E-state index is 0.277. The molecule has 4 rings (SSSR count). The Morgan fingerprint density at radius 1 is 1.10 bits per heavy atom. The van der Waals surface area contributed by atoms with Crippen LogP contribution in [-0.2, 0) is 9.59 Å². The summed E-state index contributed by atoms with van der Waals surface area (Å²) in [7, 11) is 0. The number of likely N-dealkylation sites (tertiary alicyclic amines) is 1. The van der Waals surface area contributed by atoms with Crippen molar-refractivity contribution in [2.75, 3.05) is 6.54 Å². The molecule has 0 spiro atoms. The van der Waals surface area contributed by atoms with E-state index in [9.17, 15) is 14.0 Å². The Kier molecular flexibility index (Phi) is 5.93. The summed E-state index contributed by atoms with van der Waals surface area (Å²) in [6.45, 7) is 0.497. The number of amides is 2. The molecule has 1 unspecified atom stereocenters. The molecule has 6 nitrogen and oxygen atoms in total. The molecule has 1 saturated heterocycles. The van der Waals surface area contributed by atoms with Gasteiger partial charge in [0, 0.05) is 29.9 Å². The van der Waals surface area contributed by atoms with Gasteiger partial charge in [0.05, 0.1) is 5.69 Å². The number of hydrogen-bond donors (Lipinski definition) is 1. The molecule has 0 aliphatic carbocycles. The van der Waals surface area contributed by atoms with Crippen LogP contribution in [-0.4, -0.2) is 39.1 Å². The average Bonchev–Trinajstić information content (AvgIpc) is 3.22. The number of carbonyl (C=O) groups is 2. The zero-order valence-corrected chi connectivity index (χ0v) is 16.9. The molecule has 0 radical (unpaired) electrons. The Balaban J connectivity index is 1.68. The normalized spacial score (nSPS) is 16.5. The summed E-state index contributed by atoms with van der Waals surface area (Å²) in [5.41, 5.74) is 8.14. The standard InChI is InChI=1S/C24H23FN4O2/c25-19-8-6-7-17(15-19)23-18(16-29(27-23)20-9-2-1-3-10-20)12-13-22(30)28-14-5-4-11-21(28)24(26)31/h1-3,6-10,12-13,15-16,21H,4-5,11,14H2,(H2,26,31). The highest BCUT2D eigenvalue weighted by Gasteiger charge is 2.29. The lowest BCUT2D eigenvalue weighted by Gasteiger charge is -2.32. The van der Waals surface area contributed by atoms with Crippen LogP contribution in [0.25, 0.3) is 23.0 Å². The zero-order chi connectivity index (χ0) is 21.8. The van der Waals surface area contributed by atoms with E-state index in [4.69, 9.17) is 5.73 Å². The van der Waals surface area contributed by atoms with E-state index in [1.54, 1.807) is 29.1 Å². The molecule has 2 amide bonds. The van der Waals surface area contributed by atoms with Gasteiger partial charge in [-0.25, -0.2) is 9.07 Å². The Bertz CT molecular complexity index is 1120. The summed E-state index contributed by atoms with van der Waals surface area (Å²) in [5.74, 6) is -1.13. The third-order valence-corrected chi connectivity index (χ3v) is 5.38. The maximum absolute atomic E-state index is 13.8. The molecule has 31 heavy (non-hydrogen) atoms. The number of carbonyl (C=O) groups excluding carboxylic acids is 2. The van der Waals surface area contributed by atoms with Gasteiger partial charge in [-0.3, -0.25) is 9.59 Å². The predicted molar refractivity (Wildman–Crippen MR) is 117 cm³/mol. The molecule has 0 saturated carbocycles. The molecule has 2 aromatic carbocycles. The molecule has 1 aromatic heterocycles. The largest absolute Gasteiger partial charge is 0.368 e. The first-order valence-corrected chi connectivity index (χ1v) is 10.2. The Labute approximate surface area is 179 Å². The second kappa shape index (κ2) is 8.95. The number of benzene rings is 2. The van der Waals surface area contributed by atoms with Gasteiger partial charge in [0.15, 0.2) is 0 Å². The molecule has 7 heteroatoms. The van der Waals surface area contributed by atoms with Crippen LogP contribution >= 0.6 is 0 Å². The number of nitrogens with two attached hydrogens (primary N) is 1. The molecule has 3 aromatic rings. The van der Waals surface area contributed by atoms with Crippen LogP contribution in [0, 0.1) is 5.82 Å². The smallest absolute Gasteiger partial charge is 0.247 e. The Hall–Kier alpha value is -3.74. The third kappa shape index (κ3) is 4.55. The summed E-state index contributed by atoms with van der Waals surface area (Å²) in [4.78, 5) is 26.1. The number of primary amides is 1. The first-order valence-electron chi connectivity index (χ1n) is 10.2. The number of halogens is 1. The van der Waals surface area contributed by atoms with Crippen molar-refractivity contribution in [2.45, 2.75) is 25.3 Å². The maximum atomic E-state index is 13.8. The van der Waals surface area contributed by atoms with Gasteiger partial charge in [0.1, 0.15) is 17.6 Å². The van der Waals surface area contributed by atoms with E-state index in [1.807, 2.05) is 30.3 Å². The van der Waals surface area contributed by atoms with Crippen LogP contribution in [0.5, 0.6) is 0 Å². The quantitative estimate of drug-likeness (QED) is 0.644. The predicted octanol–water partition coefficient (Wildman–Crippen LogP) is 3.56. The van der Waals surface area contributed by atoms with E-state index in [1.165, 1.54) is 23.1 Å². The van der Waals surface area contributed by atoms with Crippen LogP contribution in [0.3, 0.4) is 0 Å². The molecule has 1 fully saturated rings. The van der Waals surface area contributed by atoms with Gasteiger partial charge in [0.2, 0.25) is 11.8 Å². The van der Waals surface area contributed by atoms with Crippen molar-refractivity contribution < 1.29 is 14.0 Å². The molecule has 2 N–H and O–H groups in total. The van der Waals surface area contributed by atoms with Crippen molar-refractivity contribution in [3.63, 3.8) is 0 Å². The van der Waals surface area contributed by atoms with Crippen LogP contribution in [0.4, 0.5) is 4.39 Å². The minimum Gasteiger partial charge on any atom is -0.368 e. The van der Waals surface area contributed by atoms with Crippen molar-refractivity contribution in [1.82, 2.24) is 14.7 Å². The SMILES string of the molecule is NC(=O)C1CCCCN1C(=O)C=Cc1cn(-c2ccccc2)nc1-c1cccc(F)c1. The zero-order valence-electron chi connectivity index (χ0n) is 16.9. The van der Waals surface area contributed by atoms with E-state index in [-0.39, 0.29) is 11.7 Å². The van der Waals surface area contributed by atoms with Gasteiger partial charge in [-0.05, 0) is 49.6 Å². The number of piperidine rings is 1. The lowest BCUT2D eigenvalue weighted by atomic mass is 10.0. The molecular formula is C24H23FN4O2. The van der Waals surface area contributed by atoms with Gasteiger partial charge < -0.3 is 10.6 Å². The summed E-state index contributed by atoms with van der Waals surface area (Å²) >= 11 is 0. The fraction of sp³-hybridized carbons (Fsp3) is 0.208. The van der Waals surface area contributed by atoms with Gasteiger partial charge >= 0.3 is 0 Å². The fourth-order valence-electron chi connectivity index (χ4n) is 3.83.